The van der Waals surface area contributed by atoms with Gasteiger partial charge in [-0.25, -0.2) is 0 Å². The molecule has 0 aliphatic heterocycles. The van der Waals surface area contributed by atoms with Crippen molar-refractivity contribution in [2.45, 2.75) is 45.7 Å². The second-order valence-electron chi connectivity index (χ2n) is 5.12. The van der Waals surface area contributed by atoms with E-state index in [4.69, 9.17) is 15.6 Å². The SMILES string of the molecule is CCCC(NC(C)C(=O)c1ccc(OCC)c(N)c1)C(=O)O. The predicted molar refractivity (Wildman–Crippen MR) is 85.3 cm³/mol. The molecule has 122 valence electrons. The van der Waals surface area contributed by atoms with Crippen LogP contribution in [0.5, 0.6) is 5.75 Å². The van der Waals surface area contributed by atoms with Crippen LogP contribution in [0.15, 0.2) is 18.2 Å². The van der Waals surface area contributed by atoms with Crippen molar-refractivity contribution in [1.29, 1.82) is 0 Å². The summed E-state index contributed by atoms with van der Waals surface area (Å²) in [6, 6.07) is 3.51. The van der Waals surface area contributed by atoms with Gasteiger partial charge in [0.05, 0.1) is 18.3 Å². The lowest BCUT2D eigenvalue weighted by Crippen LogP contribution is -2.45. The second kappa shape index (κ2) is 8.38. The molecular formula is C16H24N2O4. The Morgan fingerprint density at radius 1 is 1.36 bits per heavy atom. The van der Waals surface area contributed by atoms with Crippen LogP contribution < -0.4 is 15.8 Å². The van der Waals surface area contributed by atoms with Gasteiger partial charge in [0, 0.05) is 5.56 Å². The number of hydrogen-bond acceptors (Lipinski definition) is 5. The number of nitrogens with one attached hydrogen (secondary N) is 1. The Morgan fingerprint density at radius 3 is 2.55 bits per heavy atom. The number of nitrogen functional groups attached to an aromatic ring is 1. The largest absolute Gasteiger partial charge is 0.492 e. The first-order valence-corrected chi connectivity index (χ1v) is 7.46. The molecule has 6 heteroatoms. The lowest BCUT2D eigenvalue weighted by molar-refractivity contribution is -0.139. The molecule has 0 saturated heterocycles. The molecule has 0 aliphatic carbocycles. The molecule has 0 fully saturated rings. The molecule has 0 amide bonds. The molecular weight excluding hydrogens is 284 g/mol. The van der Waals surface area contributed by atoms with E-state index in [1.165, 1.54) is 0 Å². The van der Waals surface area contributed by atoms with Gasteiger partial charge in [-0.05, 0) is 38.5 Å². The predicted octanol–water partition coefficient (Wildman–Crippen LogP) is 2.08. The molecule has 0 aromatic heterocycles. The molecule has 0 radical (unpaired) electrons. The first-order chi connectivity index (χ1) is 10.4. The van der Waals surface area contributed by atoms with Gasteiger partial charge in [-0.2, -0.15) is 0 Å². The smallest absolute Gasteiger partial charge is 0.320 e. The fourth-order valence-electron chi connectivity index (χ4n) is 2.18. The Labute approximate surface area is 130 Å². The quantitative estimate of drug-likeness (QED) is 0.477. The van der Waals surface area contributed by atoms with E-state index in [1.54, 1.807) is 25.1 Å². The summed E-state index contributed by atoms with van der Waals surface area (Å²) < 4.78 is 5.33. The highest BCUT2D eigenvalue weighted by Crippen LogP contribution is 2.23. The van der Waals surface area contributed by atoms with Crippen molar-refractivity contribution in [1.82, 2.24) is 5.32 Å². The van der Waals surface area contributed by atoms with E-state index in [9.17, 15) is 9.59 Å². The van der Waals surface area contributed by atoms with Crippen LogP contribution in [0, 0.1) is 0 Å². The molecule has 0 aliphatic rings. The average molecular weight is 308 g/mol. The highest BCUT2D eigenvalue weighted by Gasteiger charge is 2.23. The van der Waals surface area contributed by atoms with Crippen molar-refractivity contribution in [2.75, 3.05) is 12.3 Å². The van der Waals surface area contributed by atoms with Crippen molar-refractivity contribution in [3.8, 4) is 5.75 Å². The minimum Gasteiger partial charge on any atom is -0.492 e. The number of ether oxygens (including phenoxy) is 1. The molecule has 1 aromatic rings. The number of Topliss-reactive ketones (excluding diaryl/α,β-unsaturated/α-hetero) is 1. The third kappa shape index (κ3) is 4.73. The maximum absolute atomic E-state index is 12.4. The summed E-state index contributed by atoms with van der Waals surface area (Å²) in [7, 11) is 0. The summed E-state index contributed by atoms with van der Waals surface area (Å²) in [5.41, 5.74) is 6.67. The maximum atomic E-state index is 12.4. The van der Waals surface area contributed by atoms with Crippen molar-refractivity contribution >= 4 is 17.4 Å². The first-order valence-electron chi connectivity index (χ1n) is 7.46. The Morgan fingerprint density at radius 2 is 2.05 bits per heavy atom. The minimum absolute atomic E-state index is 0.197. The van der Waals surface area contributed by atoms with Crippen LogP contribution in [-0.4, -0.2) is 35.5 Å². The number of benzene rings is 1. The molecule has 0 saturated carbocycles. The van der Waals surface area contributed by atoms with Crippen molar-refractivity contribution < 1.29 is 19.4 Å². The summed E-state index contributed by atoms with van der Waals surface area (Å²) in [4.78, 5) is 23.5. The molecule has 2 atom stereocenters. The van der Waals surface area contributed by atoms with Gasteiger partial charge in [-0.3, -0.25) is 14.9 Å². The lowest BCUT2D eigenvalue weighted by atomic mass is 10.0. The zero-order chi connectivity index (χ0) is 16.7. The van der Waals surface area contributed by atoms with Crippen LogP contribution in [0.1, 0.15) is 44.0 Å². The topological polar surface area (TPSA) is 102 Å². The maximum Gasteiger partial charge on any atom is 0.320 e. The Kier molecular flexibility index (Phi) is 6.85. The average Bonchev–Trinajstić information content (AvgIpc) is 2.48. The zero-order valence-electron chi connectivity index (χ0n) is 13.3. The molecule has 4 N–H and O–H groups in total. The van der Waals surface area contributed by atoms with Gasteiger partial charge >= 0.3 is 5.97 Å². The molecule has 1 aromatic carbocycles. The number of rotatable bonds is 9. The van der Waals surface area contributed by atoms with Crippen molar-refractivity contribution in [3.05, 3.63) is 23.8 Å². The van der Waals surface area contributed by atoms with E-state index in [2.05, 4.69) is 5.32 Å². The first kappa shape index (κ1) is 18.0. The minimum atomic E-state index is -0.951. The molecule has 22 heavy (non-hydrogen) atoms. The molecule has 0 spiro atoms. The van der Waals surface area contributed by atoms with E-state index in [0.29, 0.717) is 30.0 Å². The van der Waals surface area contributed by atoms with Gasteiger partial charge in [0.25, 0.3) is 0 Å². The van der Waals surface area contributed by atoms with Crippen molar-refractivity contribution in [3.63, 3.8) is 0 Å². The number of nitrogens with two attached hydrogens (primary N) is 1. The third-order valence-corrected chi connectivity index (χ3v) is 3.31. The monoisotopic (exact) mass is 308 g/mol. The van der Waals surface area contributed by atoms with E-state index in [-0.39, 0.29) is 5.78 Å². The van der Waals surface area contributed by atoms with E-state index >= 15 is 0 Å². The van der Waals surface area contributed by atoms with E-state index < -0.39 is 18.1 Å². The van der Waals surface area contributed by atoms with Gasteiger partial charge in [-0.15, -0.1) is 0 Å². The number of carboxylic acid groups (broad SMARTS) is 1. The second-order valence-corrected chi connectivity index (χ2v) is 5.12. The van der Waals surface area contributed by atoms with Crippen LogP contribution >= 0.6 is 0 Å². The Hall–Kier alpha value is -2.08. The zero-order valence-corrected chi connectivity index (χ0v) is 13.3. The van der Waals surface area contributed by atoms with Crippen LogP contribution in [0.25, 0.3) is 0 Å². The number of carbonyl (C=O) groups is 2. The standard InChI is InChI=1S/C16H24N2O4/c1-4-6-13(16(20)21)18-10(3)15(19)11-7-8-14(22-5-2)12(17)9-11/h7-10,13,18H,4-6,17H2,1-3H3,(H,20,21). The summed E-state index contributed by atoms with van der Waals surface area (Å²) >= 11 is 0. The van der Waals surface area contributed by atoms with Gasteiger partial charge < -0.3 is 15.6 Å². The molecule has 1 rings (SSSR count). The lowest BCUT2D eigenvalue weighted by Gasteiger charge is -2.19. The molecule has 0 heterocycles. The Bertz CT molecular complexity index is 531. The normalized spacial score (nSPS) is 13.4. The fourth-order valence-corrected chi connectivity index (χ4v) is 2.18. The number of carboxylic acids is 1. The van der Waals surface area contributed by atoms with Crippen molar-refractivity contribution in [2.24, 2.45) is 0 Å². The highest BCUT2D eigenvalue weighted by atomic mass is 16.5. The number of aliphatic carboxylic acids is 1. The Balaban J connectivity index is 2.81. The summed E-state index contributed by atoms with van der Waals surface area (Å²) in [6.07, 6.45) is 1.19. The number of hydrogen-bond donors (Lipinski definition) is 3. The van der Waals surface area contributed by atoms with Gasteiger partial charge in [0.1, 0.15) is 11.8 Å². The van der Waals surface area contributed by atoms with Gasteiger partial charge in [-0.1, -0.05) is 13.3 Å². The molecule has 2 unspecified atom stereocenters. The van der Waals surface area contributed by atoms with Crippen LogP contribution in [0.3, 0.4) is 0 Å². The van der Waals surface area contributed by atoms with Crippen LogP contribution in [0.4, 0.5) is 5.69 Å². The van der Waals surface area contributed by atoms with Gasteiger partial charge in [0.2, 0.25) is 0 Å². The van der Waals surface area contributed by atoms with Crippen LogP contribution in [0.2, 0.25) is 0 Å². The van der Waals surface area contributed by atoms with E-state index in [1.807, 2.05) is 13.8 Å². The summed E-state index contributed by atoms with van der Waals surface area (Å²) in [6.45, 7) is 5.90. The summed E-state index contributed by atoms with van der Waals surface area (Å²) in [5.74, 6) is -0.612. The van der Waals surface area contributed by atoms with Crippen LogP contribution in [-0.2, 0) is 4.79 Å². The highest BCUT2D eigenvalue weighted by molar-refractivity contribution is 6.01. The fraction of sp³-hybridized carbons (Fsp3) is 0.500. The number of ketones is 1. The summed E-state index contributed by atoms with van der Waals surface area (Å²) in [5, 5.41) is 12.0. The molecule has 6 nitrogen and oxygen atoms in total. The third-order valence-electron chi connectivity index (χ3n) is 3.31. The number of anilines is 1. The molecule has 0 bridgehead atoms. The van der Waals surface area contributed by atoms with E-state index in [0.717, 1.165) is 6.42 Å². The number of carbonyl (C=O) groups excluding carboxylic acids is 1. The van der Waals surface area contributed by atoms with Gasteiger partial charge in [0.15, 0.2) is 5.78 Å².